The number of hydrogen-bond donors (Lipinski definition) is 0. The highest BCUT2D eigenvalue weighted by Crippen LogP contribution is 2.28. The fourth-order valence-electron chi connectivity index (χ4n) is 4.03. The van der Waals surface area contributed by atoms with Crippen molar-refractivity contribution in [1.29, 1.82) is 0 Å². The fourth-order valence-corrected chi connectivity index (χ4v) is 4.90. The van der Waals surface area contributed by atoms with Crippen LogP contribution in [0.3, 0.4) is 0 Å². The number of pyridine rings is 1. The Hall–Kier alpha value is -2.69. The van der Waals surface area contributed by atoms with Crippen LogP contribution in [0.5, 0.6) is 0 Å². The lowest BCUT2D eigenvalue weighted by Crippen LogP contribution is -2.43. The van der Waals surface area contributed by atoms with E-state index in [1.165, 1.54) is 0 Å². The molecule has 0 unspecified atom stereocenters. The molecule has 1 atom stereocenters. The molecule has 0 aliphatic carbocycles. The van der Waals surface area contributed by atoms with E-state index in [1.54, 1.807) is 34.2 Å². The molecule has 35 heavy (non-hydrogen) atoms. The van der Waals surface area contributed by atoms with Crippen molar-refractivity contribution in [1.82, 2.24) is 29.9 Å². The van der Waals surface area contributed by atoms with Crippen molar-refractivity contribution in [2.45, 2.75) is 58.6 Å². The summed E-state index contributed by atoms with van der Waals surface area (Å²) in [4.78, 5) is 24.3. The number of hydrogen-bond acceptors (Lipinski definition) is 7. The molecule has 3 aromatic heterocycles. The van der Waals surface area contributed by atoms with Crippen molar-refractivity contribution < 1.29 is 9.53 Å². The van der Waals surface area contributed by atoms with Crippen LogP contribution in [-0.2, 0) is 22.7 Å². The molecule has 0 saturated carbocycles. The maximum Gasteiger partial charge on any atom is 0.233 e. The molecule has 4 rings (SSSR count). The number of anilines is 1. The van der Waals surface area contributed by atoms with Gasteiger partial charge < -0.3 is 4.74 Å². The number of amides is 1. The second kappa shape index (κ2) is 10.9. The number of aromatic nitrogens is 6. The van der Waals surface area contributed by atoms with Gasteiger partial charge in [-0.1, -0.05) is 37.3 Å². The van der Waals surface area contributed by atoms with E-state index in [-0.39, 0.29) is 18.6 Å². The summed E-state index contributed by atoms with van der Waals surface area (Å²) in [5, 5.41) is 13.1. The standard InChI is InChI=1S/C24H32ClN7O2Si/c1-17-13-27-28-15-20(17)22-29-24(32(30-22)16-34-10-11-35(2,3)4)31-9-5-6-19(23(31)33)12-18-7-8-21(25)26-14-18/h7-8,13-15,19H,5-6,9-12,16H2,1-4H3/t19-/m0/s1. The molecule has 0 spiro atoms. The quantitative estimate of drug-likeness (QED) is 0.237. The van der Waals surface area contributed by atoms with Crippen LogP contribution in [0.2, 0.25) is 30.8 Å². The van der Waals surface area contributed by atoms with Gasteiger partial charge in [0.2, 0.25) is 11.9 Å². The van der Waals surface area contributed by atoms with E-state index >= 15 is 0 Å². The Kier molecular flexibility index (Phi) is 7.93. The van der Waals surface area contributed by atoms with E-state index in [2.05, 4.69) is 34.8 Å². The van der Waals surface area contributed by atoms with Gasteiger partial charge in [0.1, 0.15) is 11.9 Å². The molecule has 1 fully saturated rings. The summed E-state index contributed by atoms with van der Waals surface area (Å²) in [6, 6.07) is 4.73. The number of rotatable bonds is 9. The van der Waals surface area contributed by atoms with Gasteiger partial charge in [0, 0.05) is 38.9 Å². The van der Waals surface area contributed by atoms with Crippen molar-refractivity contribution in [2.24, 2.45) is 5.92 Å². The SMILES string of the molecule is Cc1cnncc1-c1nc(N2CCC[C@@H](Cc3ccc(Cl)nc3)C2=O)n(COCC[Si](C)(C)C)n1. The highest BCUT2D eigenvalue weighted by molar-refractivity contribution is 6.76. The number of nitrogens with zero attached hydrogens (tertiary/aromatic N) is 7. The van der Waals surface area contributed by atoms with Crippen LogP contribution in [0.4, 0.5) is 5.95 Å². The molecule has 4 heterocycles. The molecule has 9 nitrogen and oxygen atoms in total. The zero-order valence-electron chi connectivity index (χ0n) is 20.7. The minimum Gasteiger partial charge on any atom is -0.359 e. The molecule has 1 aliphatic heterocycles. The molecule has 1 amide bonds. The van der Waals surface area contributed by atoms with E-state index in [9.17, 15) is 4.79 Å². The van der Waals surface area contributed by atoms with Gasteiger partial charge in [0.05, 0.1) is 12.4 Å². The second-order valence-electron chi connectivity index (χ2n) is 10.2. The van der Waals surface area contributed by atoms with Crippen molar-refractivity contribution in [3.63, 3.8) is 0 Å². The highest BCUT2D eigenvalue weighted by atomic mass is 35.5. The fraction of sp³-hybridized carbons (Fsp3) is 0.500. The van der Waals surface area contributed by atoms with E-state index in [0.29, 0.717) is 36.5 Å². The summed E-state index contributed by atoms with van der Waals surface area (Å²) in [5.41, 5.74) is 2.70. The lowest BCUT2D eigenvalue weighted by Gasteiger charge is -2.31. The predicted molar refractivity (Wildman–Crippen MR) is 138 cm³/mol. The third kappa shape index (κ3) is 6.50. The van der Waals surface area contributed by atoms with Crippen LogP contribution >= 0.6 is 11.6 Å². The monoisotopic (exact) mass is 513 g/mol. The zero-order chi connectivity index (χ0) is 25.0. The lowest BCUT2D eigenvalue weighted by atomic mass is 9.91. The minimum absolute atomic E-state index is 0.0399. The van der Waals surface area contributed by atoms with Crippen LogP contribution in [0.15, 0.2) is 30.7 Å². The number of halogens is 1. The maximum absolute atomic E-state index is 13.6. The van der Waals surface area contributed by atoms with Gasteiger partial charge in [-0.05, 0) is 49.4 Å². The first-order valence-corrected chi connectivity index (χ1v) is 16.0. The average molecular weight is 514 g/mol. The molecule has 1 saturated heterocycles. The number of carbonyl (C=O) groups excluding carboxylic acids is 1. The van der Waals surface area contributed by atoms with Crippen LogP contribution < -0.4 is 4.90 Å². The van der Waals surface area contributed by atoms with E-state index in [4.69, 9.17) is 26.4 Å². The molecule has 3 aromatic rings. The Balaban J connectivity index is 1.58. The summed E-state index contributed by atoms with van der Waals surface area (Å²) in [6.45, 7) is 10.4. The van der Waals surface area contributed by atoms with E-state index in [0.717, 1.165) is 35.6 Å². The largest absolute Gasteiger partial charge is 0.359 e. The van der Waals surface area contributed by atoms with Crippen LogP contribution in [0.1, 0.15) is 24.0 Å². The molecule has 0 N–H and O–H groups in total. The number of piperidine rings is 1. The van der Waals surface area contributed by atoms with E-state index in [1.807, 2.05) is 13.0 Å². The van der Waals surface area contributed by atoms with Crippen molar-refractivity contribution in [2.75, 3.05) is 18.1 Å². The Labute approximate surface area is 211 Å². The normalized spacial score (nSPS) is 16.7. The van der Waals surface area contributed by atoms with Crippen molar-refractivity contribution >= 4 is 31.5 Å². The molecular formula is C24H32ClN7O2Si. The highest BCUT2D eigenvalue weighted by Gasteiger charge is 2.33. The van der Waals surface area contributed by atoms with E-state index < -0.39 is 8.07 Å². The number of carbonyl (C=O) groups is 1. The van der Waals surface area contributed by atoms with Crippen LogP contribution in [0.25, 0.3) is 11.4 Å². The topological polar surface area (TPSA) is 98.9 Å². The van der Waals surface area contributed by atoms with Gasteiger partial charge in [-0.25, -0.2) is 9.67 Å². The number of ether oxygens (including phenoxy) is 1. The molecule has 186 valence electrons. The Morgan fingerprint density at radius 2 is 1.97 bits per heavy atom. The Morgan fingerprint density at radius 3 is 2.69 bits per heavy atom. The Bertz CT molecular complexity index is 1160. The van der Waals surface area contributed by atoms with Gasteiger partial charge in [-0.2, -0.15) is 15.2 Å². The second-order valence-corrected chi connectivity index (χ2v) is 16.2. The molecule has 0 bridgehead atoms. The van der Waals surface area contributed by atoms with Crippen LogP contribution in [0, 0.1) is 12.8 Å². The molecular weight excluding hydrogens is 482 g/mol. The third-order valence-corrected chi connectivity index (χ3v) is 8.02. The summed E-state index contributed by atoms with van der Waals surface area (Å²) in [6.07, 6.45) is 7.38. The first kappa shape index (κ1) is 25.4. The first-order chi connectivity index (χ1) is 16.7. The molecule has 0 aromatic carbocycles. The average Bonchev–Trinajstić information content (AvgIpc) is 3.23. The lowest BCUT2D eigenvalue weighted by molar-refractivity contribution is -0.123. The maximum atomic E-state index is 13.6. The van der Waals surface area contributed by atoms with Gasteiger partial charge in [-0.15, -0.1) is 5.10 Å². The molecule has 0 radical (unpaired) electrons. The molecule has 1 aliphatic rings. The smallest absolute Gasteiger partial charge is 0.233 e. The number of aryl methyl sites for hydroxylation is 1. The first-order valence-electron chi connectivity index (χ1n) is 11.9. The minimum atomic E-state index is -1.22. The molecule has 11 heteroatoms. The van der Waals surface area contributed by atoms with Crippen molar-refractivity contribution in [3.8, 4) is 11.4 Å². The van der Waals surface area contributed by atoms with Crippen LogP contribution in [-0.4, -0.2) is 57.1 Å². The van der Waals surface area contributed by atoms with Gasteiger partial charge in [0.15, 0.2) is 5.82 Å². The summed E-state index contributed by atoms with van der Waals surface area (Å²) >= 11 is 5.92. The zero-order valence-corrected chi connectivity index (χ0v) is 22.5. The third-order valence-electron chi connectivity index (χ3n) is 6.09. The summed E-state index contributed by atoms with van der Waals surface area (Å²) in [7, 11) is -1.22. The summed E-state index contributed by atoms with van der Waals surface area (Å²) in [5.74, 6) is 0.904. The van der Waals surface area contributed by atoms with Gasteiger partial charge in [0.25, 0.3) is 0 Å². The van der Waals surface area contributed by atoms with Gasteiger partial charge in [-0.3, -0.25) is 9.69 Å². The summed E-state index contributed by atoms with van der Waals surface area (Å²) < 4.78 is 7.68. The predicted octanol–water partition coefficient (Wildman–Crippen LogP) is 4.39. The Morgan fingerprint density at radius 1 is 1.17 bits per heavy atom. The van der Waals surface area contributed by atoms with Gasteiger partial charge >= 0.3 is 0 Å². The van der Waals surface area contributed by atoms with Crippen molar-refractivity contribution in [3.05, 3.63) is 47.0 Å².